The van der Waals surface area contributed by atoms with Gasteiger partial charge in [0.05, 0.1) is 0 Å². The van der Waals surface area contributed by atoms with Crippen molar-refractivity contribution in [3.8, 4) is 0 Å². The van der Waals surface area contributed by atoms with Gasteiger partial charge in [-0.25, -0.2) is 0 Å². The fraction of sp³-hybridized carbons (Fsp3) is 1.00. The van der Waals surface area contributed by atoms with Gasteiger partial charge in [0.15, 0.2) is 0 Å². The number of hydrogen-bond acceptors (Lipinski definition) is 7. The van der Waals surface area contributed by atoms with E-state index in [1.807, 2.05) is 0 Å². The summed E-state index contributed by atoms with van der Waals surface area (Å²) in [7, 11) is 0. The first kappa shape index (κ1) is 18.5. The molecule has 0 atom stereocenters. The van der Waals surface area contributed by atoms with E-state index in [0.717, 1.165) is 0 Å². The van der Waals surface area contributed by atoms with E-state index in [1.54, 1.807) is 0 Å². The second-order valence-electron chi connectivity index (χ2n) is 3.62. The molecule has 9 nitrogen and oxygen atoms in total. The molecule has 0 heterocycles. The van der Waals surface area contributed by atoms with Crippen molar-refractivity contribution in [2.75, 3.05) is 19.8 Å². The van der Waals surface area contributed by atoms with Crippen LogP contribution >= 0.6 is 15.9 Å². The van der Waals surface area contributed by atoms with E-state index in [9.17, 15) is 20.2 Å². The van der Waals surface area contributed by atoms with Gasteiger partial charge in [-0.3, -0.25) is 20.2 Å². The molecule has 17 heavy (non-hydrogen) atoms. The molecule has 3 N–H and O–H groups in total. The van der Waals surface area contributed by atoms with Crippen molar-refractivity contribution in [2.45, 2.75) is 23.8 Å². The number of aliphatic hydroxyl groups is 3. The van der Waals surface area contributed by atoms with Crippen molar-refractivity contribution in [1.29, 1.82) is 0 Å². The zero-order chi connectivity index (χ0) is 14.3. The lowest BCUT2D eigenvalue weighted by Gasteiger charge is -2.16. The van der Waals surface area contributed by atoms with Crippen molar-refractivity contribution in [3.05, 3.63) is 20.2 Å². The summed E-state index contributed by atoms with van der Waals surface area (Å²) >= 11 is 2.84. The lowest BCUT2D eigenvalue weighted by atomic mass is 10.1. The van der Waals surface area contributed by atoms with Gasteiger partial charge in [0.1, 0.15) is 19.8 Å². The fourth-order valence-corrected chi connectivity index (χ4v) is 0.323. The Morgan fingerprint density at radius 2 is 1.24 bits per heavy atom. The van der Waals surface area contributed by atoms with E-state index in [-0.39, 0.29) is 0 Å². The quantitative estimate of drug-likeness (QED) is 0.264. The maximum absolute atomic E-state index is 10.0. The molecular weight excluding hydrogens is 304 g/mol. The second-order valence-corrected chi connectivity index (χ2v) is 5.56. The molecule has 0 rings (SSSR count). The molecule has 0 aromatic heterocycles. The summed E-state index contributed by atoms with van der Waals surface area (Å²) in [6.45, 7) is 0.354. The standard InChI is InChI=1S/C4H9NO5.C3H6BrNO2/c6-1-4(2-7,3-8)5(9)10;1-3(2,4)5(6)7/h6-8H,1-3H2;1-2H3. The van der Waals surface area contributed by atoms with E-state index in [0.29, 0.717) is 0 Å². The normalized spacial score (nSPS) is 11.4. The van der Waals surface area contributed by atoms with Crippen LogP contribution in [0, 0.1) is 20.2 Å². The molecule has 0 unspecified atom stereocenters. The minimum Gasteiger partial charge on any atom is -0.389 e. The van der Waals surface area contributed by atoms with Crippen LogP contribution in [0.5, 0.6) is 0 Å². The number of nitrogens with zero attached hydrogens (tertiary/aromatic N) is 2. The van der Waals surface area contributed by atoms with Crippen molar-refractivity contribution >= 4 is 15.9 Å². The van der Waals surface area contributed by atoms with Crippen LogP contribution in [0.25, 0.3) is 0 Å². The lowest BCUT2D eigenvalue weighted by molar-refractivity contribution is -0.580. The minimum atomic E-state index is -1.99. The summed E-state index contributed by atoms with van der Waals surface area (Å²) in [5.74, 6) is 0. The smallest absolute Gasteiger partial charge is 0.289 e. The maximum atomic E-state index is 10.0. The summed E-state index contributed by atoms with van der Waals surface area (Å²) in [4.78, 5) is 18.5. The lowest BCUT2D eigenvalue weighted by Crippen LogP contribution is -2.49. The Hall–Kier alpha value is -0.840. The third kappa shape index (κ3) is 6.46. The van der Waals surface area contributed by atoms with Crippen LogP contribution < -0.4 is 0 Å². The average Bonchev–Trinajstić information content (AvgIpc) is 2.20. The molecule has 0 aliphatic carbocycles. The Labute approximate surface area is 105 Å². The van der Waals surface area contributed by atoms with Crippen LogP contribution in [-0.2, 0) is 0 Å². The summed E-state index contributed by atoms with van der Waals surface area (Å²) in [5, 5.41) is 45.0. The van der Waals surface area contributed by atoms with Crippen LogP contribution in [0.15, 0.2) is 0 Å². The molecule has 0 fully saturated rings. The van der Waals surface area contributed by atoms with Gasteiger partial charge < -0.3 is 15.3 Å². The first-order valence-electron chi connectivity index (χ1n) is 4.38. The average molecular weight is 319 g/mol. The third-order valence-corrected chi connectivity index (χ3v) is 1.99. The van der Waals surface area contributed by atoms with E-state index < -0.39 is 39.7 Å². The van der Waals surface area contributed by atoms with Crippen molar-refractivity contribution < 1.29 is 25.2 Å². The monoisotopic (exact) mass is 318 g/mol. The SMILES string of the molecule is CC(C)(Br)[N+](=O)[O-].O=[N+]([O-])C(CO)(CO)CO. The first-order valence-corrected chi connectivity index (χ1v) is 5.17. The van der Waals surface area contributed by atoms with E-state index in [1.165, 1.54) is 13.8 Å². The van der Waals surface area contributed by atoms with E-state index >= 15 is 0 Å². The van der Waals surface area contributed by atoms with Crippen LogP contribution in [0.2, 0.25) is 0 Å². The zero-order valence-electron chi connectivity index (χ0n) is 9.37. The van der Waals surface area contributed by atoms with Gasteiger partial charge >= 0.3 is 0 Å². The summed E-state index contributed by atoms with van der Waals surface area (Å²) in [6, 6.07) is 0. The molecule has 0 radical (unpaired) electrons. The molecule has 10 heteroatoms. The van der Waals surface area contributed by atoms with Gasteiger partial charge in [0.2, 0.25) is 0 Å². The first-order chi connectivity index (χ1) is 7.57. The molecule has 0 saturated heterocycles. The summed E-state index contributed by atoms with van der Waals surface area (Å²) in [6.07, 6.45) is 0. The topological polar surface area (TPSA) is 147 Å². The number of halogens is 1. The van der Waals surface area contributed by atoms with Gasteiger partial charge in [-0.2, -0.15) is 0 Å². The molecule has 0 aliphatic rings. The fourth-order valence-electron chi connectivity index (χ4n) is 0.323. The van der Waals surface area contributed by atoms with Gasteiger partial charge in [0, 0.05) is 23.7 Å². The molecule has 0 saturated carbocycles. The zero-order valence-corrected chi connectivity index (χ0v) is 11.0. The largest absolute Gasteiger partial charge is 0.389 e. The predicted molar refractivity (Wildman–Crippen MR) is 61.0 cm³/mol. The highest BCUT2D eigenvalue weighted by atomic mass is 79.9. The Bertz CT molecular complexity index is 253. The highest BCUT2D eigenvalue weighted by Crippen LogP contribution is 2.14. The Morgan fingerprint density at radius 1 is 1.00 bits per heavy atom. The van der Waals surface area contributed by atoms with Gasteiger partial charge in [-0.15, -0.1) is 0 Å². The molecular formula is C7H15BrN2O7. The third-order valence-electron chi connectivity index (χ3n) is 1.70. The molecule has 0 bridgehead atoms. The maximum Gasteiger partial charge on any atom is 0.289 e. The summed E-state index contributed by atoms with van der Waals surface area (Å²) < 4.78 is -0.965. The van der Waals surface area contributed by atoms with Crippen molar-refractivity contribution in [1.82, 2.24) is 0 Å². The van der Waals surface area contributed by atoms with Crippen LogP contribution in [0.1, 0.15) is 13.8 Å². The molecule has 0 aromatic carbocycles. The Kier molecular flexibility index (Phi) is 8.15. The molecule has 102 valence electrons. The minimum absolute atomic E-state index is 0.396. The molecule has 0 aromatic rings. The van der Waals surface area contributed by atoms with E-state index in [4.69, 9.17) is 15.3 Å². The number of rotatable bonds is 5. The second kappa shape index (κ2) is 7.48. The van der Waals surface area contributed by atoms with Crippen LogP contribution in [0.4, 0.5) is 0 Å². The van der Waals surface area contributed by atoms with Gasteiger partial charge in [-0.1, -0.05) is 0 Å². The van der Waals surface area contributed by atoms with Gasteiger partial charge in [0.25, 0.3) is 9.99 Å². The van der Waals surface area contributed by atoms with Crippen LogP contribution in [-0.4, -0.2) is 55.0 Å². The molecule has 0 aliphatic heterocycles. The van der Waals surface area contributed by atoms with Crippen LogP contribution in [0.3, 0.4) is 0 Å². The highest BCUT2D eigenvalue weighted by Gasteiger charge is 2.41. The molecule has 0 amide bonds. The Morgan fingerprint density at radius 3 is 1.24 bits per heavy atom. The van der Waals surface area contributed by atoms with Gasteiger partial charge in [-0.05, 0) is 15.9 Å². The van der Waals surface area contributed by atoms with E-state index in [2.05, 4.69) is 15.9 Å². The Balaban J connectivity index is 0. The van der Waals surface area contributed by atoms with Crippen molar-refractivity contribution in [2.24, 2.45) is 0 Å². The van der Waals surface area contributed by atoms with Crippen molar-refractivity contribution in [3.63, 3.8) is 0 Å². The number of hydrogen-bond donors (Lipinski definition) is 3. The number of nitro groups is 2. The highest BCUT2D eigenvalue weighted by molar-refractivity contribution is 9.10. The molecule has 0 spiro atoms. The number of aliphatic hydroxyl groups excluding tert-OH is 3. The number of alkyl halides is 1. The predicted octanol–water partition coefficient (Wildman–Crippen LogP) is -0.627. The summed E-state index contributed by atoms with van der Waals surface area (Å²) in [5.41, 5.74) is -1.99.